The van der Waals surface area contributed by atoms with Gasteiger partial charge in [-0.2, -0.15) is 0 Å². The number of hydrogen-bond donors (Lipinski definition) is 3. The Balaban J connectivity index is 2.90. The molecule has 0 radical (unpaired) electrons. The van der Waals surface area contributed by atoms with Crippen LogP contribution in [-0.2, 0) is 4.74 Å². The zero-order valence-corrected chi connectivity index (χ0v) is 16.3. The number of benzene rings is 1. The van der Waals surface area contributed by atoms with Crippen LogP contribution in [0.15, 0.2) is 24.3 Å². The van der Waals surface area contributed by atoms with E-state index < -0.39 is 51.8 Å². The van der Waals surface area contributed by atoms with Crippen LogP contribution in [0.1, 0.15) is 68.0 Å². The largest absolute Gasteiger partial charge is 0.478 e. The fraction of sp³-hybridized carbons (Fsp3) is 0.300. The van der Waals surface area contributed by atoms with Gasteiger partial charge in [-0.25, -0.2) is 19.2 Å². The number of carbonyl (C=O) groups excluding carboxylic acids is 1. The Morgan fingerprint density at radius 1 is 0.862 bits per heavy atom. The molecule has 0 fully saturated rings. The minimum Gasteiger partial charge on any atom is -0.478 e. The summed E-state index contributed by atoms with van der Waals surface area (Å²) in [7, 11) is 0. The molecule has 3 N–H and O–H groups in total. The SMILES string of the molecule is Cc1ccc(-n2c(C(=O)O)c(C(=O)O)c(C(=O)O)c2C(=O)OCC(C)(C)C)cc1. The Morgan fingerprint density at radius 2 is 1.34 bits per heavy atom. The van der Waals surface area contributed by atoms with E-state index in [0.29, 0.717) is 0 Å². The third-order valence-electron chi connectivity index (χ3n) is 3.92. The molecule has 154 valence electrons. The van der Waals surface area contributed by atoms with Crippen molar-refractivity contribution < 1.29 is 39.2 Å². The summed E-state index contributed by atoms with van der Waals surface area (Å²) in [6.07, 6.45) is 0. The van der Waals surface area contributed by atoms with Gasteiger partial charge in [-0.05, 0) is 24.5 Å². The fourth-order valence-electron chi connectivity index (χ4n) is 2.69. The molecule has 0 bridgehead atoms. The number of rotatable bonds is 6. The van der Waals surface area contributed by atoms with Crippen LogP contribution in [0.2, 0.25) is 0 Å². The molecule has 0 aliphatic carbocycles. The lowest BCUT2D eigenvalue weighted by Crippen LogP contribution is -2.22. The molecule has 0 atom stereocenters. The second-order valence-corrected chi connectivity index (χ2v) is 7.67. The maximum Gasteiger partial charge on any atom is 0.356 e. The van der Waals surface area contributed by atoms with Crippen molar-refractivity contribution in [2.45, 2.75) is 27.7 Å². The van der Waals surface area contributed by atoms with Gasteiger partial charge in [0.05, 0.1) is 6.61 Å². The molecular formula is C20H21NO8. The maximum atomic E-state index is 12.8. The summed E-state index contributed by atoms with van der Waals surface area (Å²) in [5, 5.41) is 28.8. The second kappa shape index (κ2) is 7.78. The Labute approximate surface area is 166 Å². The second-order valence-electron chi connectivity index (χ2n) is 7.67. The van der Waals surface area contributed by atoms with Crippen LogP contribution >= 0.6 is 0 Å². The van der Waals surface area contributed by atoms with Gasteiger partial charge in [0.25, 0.3) is 0 Å². The average Bonchev–Trinajstić information content (AvgIpc) is 2.96. The number of nitrogens with zero attached hydrogens (tertiary/aromatic N) is 1. The van der Waals surface area contributed by atoms with Crippen LogP contribution < -0.4 is 0 Å². The molecule has 0 saturated carbocycles. The van der Waals surface area contributed by atoms with Crippen molar-refractivity contribution in [3.05, 3.63) is 52.3 Å². The molecule has 29 heavy (non-hydrogen) atoms. The molecule has 9 nitrogen and oxygen atoms in total. The predicted octanol–water partition coefficient (Wildman–Crippen LogP) is 3.08. The van der Waals surface area contributed by atoms with Crippen molar-refractivity contribution in [2.75, 3.05) is 6.61 Å². The average molecular weight is 403 g/mol. The molecule has 0 aliphatic rings. The highest BCUT2D eigenvalue weighted by molar-refractivity contribution is 6.14. The molecule has 2 aromatic rings. The lowest BCUT2D eigenvalue weighted by molar-refractivity contribution is 0.0351. The third kappa shape index (κ3) is 4.45. The zero-order chi connectivity index (χ0) is 22.1. The minimum atomic E-state index is -1.78. The third-order valence-corrected chi connectivity index (χ3v) is 3.92. The summed E-state index contributed by atoms with van der Waals surface area (Å²) in [6.45, 7) is 7.03. The first kappa shape index (κ1) is 21.7. The van der Waals surface area contributed by atoms with Crippen LogP contribution in [0.4, 0.5) is 0 Å². The van der Waals surface area contributed by atoms with E-state index >= 15 is 0 Å². The van der Waals surface area contributed by atoms with Crippen molar-refractivity contribution in [3.63, 3.8) is 0 Å². The van der Waals surface area contributed by atoms with Crippen LogP contribution in [0.3, 0.4) is 0 Å². The Morgan fingerprint density at radius 3 is 1.76 bits per heavy atom. The van der Waals surface area contributed by atoms with Gasteiger partial charge in [0, 0.05) is 5.69 Å². The molecule has 1 aromatic heterocycles. The molecular weight excluding hydrogens is 382 g/mol. The van der Waals surface area contributed by atoms with Crippen molar-refractivity contribution >= 4 is 23.9 Å². The van der Waals surface area contributed by atoms with E-state index in [2.05, 4.69) is 0 Å². The van der Waals surface area contributed by atoms with E-state index in [0.717, 1.165) is 10.1 Å². The van der Waals surface area contributed by atoms with Gasteiger partial charge in [-0.1, -0.05) is 38.5 Å². The summed E-state index contributed by atoms with van der Waals surface area (Å²) in [5.74, 6) is -6.36. The highest BCUT2D eigenvalue weighted by Crippen LogP contribution is 2.29. The lowest BCUT2D eigenvalue weighted by atomic mass is 9.99. The van der Waals surface area contributed by atoms with Gasteiger partial charge in [-0.15, -0.1) is 0 Å². The van der Waals surface area contributed by atoms with Crippen LogP contribution in [-0.4, -0.2) is 50.4 Å². The van der Waals surface area contributed by atoms with Crippen molar-refractivity contribution in [3.8, 4) is 5.69 Å². The van der Waals surface area contributed by atoms with Crippen molar-refractivity contribution in [1.29, 1.82) is 0 Å². The van der Waals surface area contributed by atoms with E-state index in [1.165, 1.54) is 12.1 Å². The predicted molar refractivity (Wildman–Crippen MR) is 101 cm³/mol. The molecule has 1 aromatic carbocycles. The topological polar surface area (TPSA) is 143 Å². The maximum absolute atomic E-state index is 12.8. The number of carbonyl (C=O) groups is 4. The number of aromatic carboxylic acids is 3. The highest BCUT2D eigenvalue weighted by atomic mass is 16.5. The molecule has 0 unspecified atom stereocenters. The standard InChI is InChI=1S/C20H21NO8/c1-10-5-7-11(8-6-10)21-14(18(26)27)12(16(22)23)13(17(24)25)15(21)19(28)29-9-20(2,3)4/h5-8H,9H2,1-4H3,(H,22,23)(H,24,25)(H,26,27). The fourth-order valence-corrected chi connectivity index (χ4v) is 2.69. The quantitative estimate of drug-likeness (QED) is 0.624. The van der Waals surface area contributed by atoms with E-state index in [4.69, 9.17) is 4.74 Å². The van der Waals surface area contributed by atoms with E-state index in [1.54, 1.807) is 39.8 Å². The first-order chi connectivity index (χ1) is 13.3. The Kier molecular flexibility index (Phi) is 5.82. The number of ether oxygens (including phenoxy) is 1. The molecule has 0 saturated heterocycles. The molecule has 0 amide bonds. The first-order valence-corrected chi connectivity index (χ1v) is 8.58. The van der Waals surface area contributed by atoms with Crippen molar-refractivity contribution in [1.82, 2.24) is 4.57 Å². The van der Waals surface area contributed by atoms with Crippen LogP contribution in [0.5, 0.6) is 0 Å². The van der Waals surface area contributed by atoms with E-state index in [1.807, 2.05) is 0 Å². The van der Waals surface area contributed by atoms with Crippen molar-refractivity contribution in [2.24, 2.45) is 5.41 Å². The molecule has 0 aliphatic heterocycles. The van der Waals surface area contributed by atoms with Gasteiger partial charge in [-0.3, -0.25) is 4.57 Å². The Bertz CT molecular complexity index is 993. The van der Waals surface area contributed by atoms with E-state index in [9.17, 15) is 34.5 Å². The van der Waals surface area contributed by atoms with Gasteiger partial charge in [0.1, 0.15) is 22.5 Å². The number of esters is 1. The van der Waals surface area contributed by atoms with Crippen LogP contribution in [0.25, 0.3) is 5.69 Å². The number of carboxylic acid groups (broad SMARTS) is 3. The number of carboxylic acids is 3. The normalized spacial score (nSPS) is 11.2. The number of hydrogen-bond acceptors (Lipinski definition) is 5. The van der Waals surface area contributed by atoms with Gasteiger partial charge < -0.3 is 20.1 Å². The Hall–Kier alpha value is -3.62. The smallest absolute Gasteiger partial charge is 0.356 e. The van der Waals surface area contributed by atoms with E-state index in [-0.39, 0.29) is 12.3 Å². The van der Waals surface area contributed by atoms with Gasteiger partial charge >= 0.3 is 23.9 Å². The molecule has 2 rings (SSSR count). The summed E-state index contributed by atoms with van der Waals surface area (Å²) in [4.78, 5) is 48.3. The molecule has 1 heterocycles. The number of aromatic nitrogens is 1. The first-order valence-electron chi connectivity index (χ1n) is 8.58. The van der Waals surface area contributed by atoms with Crippen LogP contribution in [0, 0.1) is 12.3 Å². The van der Waals surface area contributed by atoms with Gasteiger partial charge in [0.15, 0.2) is 0 Å². The highest BCUT2D eigenvalue weighted by Gasteiger charge is 2.38. The molecule has 9 heteroatoms. The number of aryl methyl sites for hydroxylation is 1. The monoisotopic (exact) mass is 403 g/mol. The zero-order valence-electron chi connectivity index (χ0n) is 16.3. The lowest BCUT2D eigenvalue weighted by Gasteiger charge is -2.19. The minimum absolute atomic E-state index is 0.0885. The summed E-state index contributed by atoms with van der Waals surface area (Å²) in [6, 6.07) is 6.15. The molecule has 0 spiro atoms. The summed E-state index contributed by atoms with van der Waals surface area (Å²) >= 11 is 0. The summed E-state index contributed by atoms with van der Waals surface area (Å²) < 4.78 is 5.99. The summed E-state index contributed by atoms with van der Waals surface area (Å²) in [5.41, 5.74) is -2.95. The van der Waals surface area contributed by atoms with Gasteiger partial charge in [0.2, 0.25) is 0 Å².